The number of hydrogen-bond acceptors (Lipinski definition) is 8. The zero-order valence-electron chi connectivity index (χ0n) is 24.4. The highest BCUT2D eigenvalue weighted by Gasteiger charge is 2.31. The number of aryl methyl sites for hydroxylation is 3. The molecule has 0 atom stereocenters. The summed E-state index contributed by atoms with van der Waals surface area (Å²) in [4.78, 5) is 11.4. The number of nitro benzene ring substituents is 1. The van der Waals surface area contributed by atoms with Crippen molar-refractivity contribution in [3.8, 4) is 45.8 Å². The maximum Gasteiger partial charge on any atom is 0.280 e. The molecule has 42 heavy (non-hydrogen) atoms. The molecule has 0 fully saturated rings. The van der Waals surface area contributed by atoms with E-state index in [4.69, 9.17) is 28.4 Å². The molecule has 3 aromatic carbocycles. The first-order chi connectivity index (χ1) is 19.9. The summed E-state index contributed by atoms with van der Waals surface area (Å²) in [6.07, 6.45) is 3.66. The van der Waals surface area contributed by atoms with E-state index in [-0.39, 0.29) is 30.5 Å². The molecular weight excluding hydrogens is 564 g/mol. The maximum absolute atomic E-state index is 11.9. The lowest BCUT2D eigenvalue weighted by Gasteiger charge is -2.22. The molecule has 2 heterocycles. The van der Waals surface area contributed by atoms with Crippen LogP contribution < -0.4 is 45.4 Å². The molecule has 0 saturated carbocycles. The van der Waals surface area contributed by atoms with Gasteiger partial charge in [-0.2, -0.15) is 4.57 Å². The van der Waals surface area contributed by atoms with E-state index in [2.05, 4.69) is 23.8 Å². The summed E-state index contributed by atoms with van der Waals surface area (Å²) in [7, 11) is 7.79. The second-order valence-electron chi connectivity index (χ2n) is 9.56. The number of methoxy groups -OCH3 is 5. The Labute approximate surface area is 250 Å². The van der Waals surface area contributed by atoms with Crippen LogP contribution in [0, 0.1) is 10.1 Å². The van der Waals surface area contributed by atoms with Gasteiger partial charge < -0.3 is 40.8 Å². The molecule has 5 rings (SSSR count). The van der Waals surface area contributed by atoms with Gasteiger partial charge in [0.15, 0.2) is 47.2 Å². The van der Waals surface area contributed by atoms with Gasteiger partial charge in [-0.05, 0) is 42.3 Å². The van der Waals surface area contributed by atoms with Crippen LogP contribution >= 0.6 is 0 Å². The highest BCUT2D eigenvalue weighted by atomic mass is 35.5. The van der Waals surface area contributed by atoms with Crippen LogP contribution in [0.2, 0.25) is 0 Å². The Morgan fingerprint density at radius 2 is 1.45 bits per heavy atom. The molecule has 1 aliphatic rings. The summed E-state index contributed by atoms with van der Waals surface area (Å²) in [5, 5.41) is 13.7. The van der Waals surface area contributed by atoms with E-state index in [0.29, 0.717) is 34.3 Å². The van der Waals surface area contributed by atoms with E-state index in [9.17, 15) is 10.1 Å². The fourth-order valence-electron chi connectivity index (χ4n) is 5.59. The molecule has 11 heteroatoms. The molecule has 0 radical (unpaired) electrons. The van der Waals surface area contributed by atoms with Crippen LogP contribution in [-0.2, 0) is 26.0 Å². The number of benzene rings is 3. The maximum atomic E-state index is 11.9. The first-order valence-corrected chi connectivity index (χ1v) is 13.2. The average Bonchev–Trinajstić information content (AvgIpc) is 3.00. The highest BCUT2D eigenvalue weighted by molar-refractivity contribution is 5.95. The van der Waals surface area contributed by atoms with Gasteiger partial charge in [-0.25, -0.2) is 0 Å². The van der Waals surface area contributed by atoms with E-state index in [0.717, 1.165) is 47.0 Å². The van der Waals surface area contributed by atoms with E-state index in [1.807, 2.05) is 18.2 Å². The van der Waals surface area contributed by atoms with Crippen LogP contribution in [0.25, 0.3) is 22.0 Å². The predicted molar refractivity (Wildman–Crippen MR) is 153 cm³/mol. The number of hydrogen-bond donors (Lipinski definition) is 0. The van der Waals surface area contributed by atoms with E-state index >= 15 is 0 Å². The Balaban J connectivity index is 0.00000405. The van der Waals surface area contributed by atoms with Gasteiger partial charge in [0.1, 0.15) is 6.61 Å². The number of aromatic nitrogens is 1. The summed E-state index contributed by atoms with van der Waals surface area (Å²) < 4.78 is 36.1. The number of halogens is 1. The van der Waals surface area contributed by atoms with Gasteiger partial charge in [-0.1, -0.05) is 6.92 Å². The summed E-state index contributed by atoms with van der Waals surface area (Å²) in [6, 6.07) is 10.9. The first-order valence-electron chi connectivity index (χ1n) is 13.2. The number of pyridine rings is 1. The second-order valence-corrected chi connectivity index (χ2v) is 9.56. The van der Waals surface area contributed by atoms with Gasteiger partial charge >= 0.3 is 0 Å². The number of ether oxygens (including phenoxy) is 6. The van der Waals surface area contributed by atoms with E-state index in [1.54, 1.807) is 27.4 Å². The van der Waals surface area contributed by atoms with Crippen LogP contribution in [0.4, 0.5) is 5.69 Å². The third-order valence-corrected chi connectivity index (χ3v) is 7.56. The predicted octanol–water partition coefficient (Wildman–Crippen LogP) is 2.45. The minimum atomic E-state index is -0.455. The van der Waals surface area contributed by atoms with Gasteiger partial charge in [0.2, 0.25) is 5.69 Å². The van der Waals surface area contributed by atoms with Crippen LogP contribution in [0.5, 0.6) is 34.5 Å². The van der Waals surface area contributed by atoms with Gasteiger partial charge in [0, 0.05) is 17.4 Å². The van der Waals surface area contributed by atoms with Gasteiger partial charge in [-0.3, -0.25) is 10.1 Å². The number of nitrogens with zero attached hydrogens (tertiary/aromatic N) is 2. The number of rotatable bonds is 10. The fourth-order valence-corrected chi connectivity index (χ4v) is 5.59. The van der Waals surface area contributed by atoms with Gasteiger partial charge in [-0.15, -0.1) is 0 Å². The lowest BCUT2D eigenvalue weighted by atomic mass is 9.90. The van der Waals surface area contributed by atoms with Crippen molar-refractivity contribution in [2.75, 3.05) is 35.5 Å². The van der Waals surface area contributed by atoms with Crippen molar-refractivity contribution in [3.63, 3.8) is 0 Å². The zero-order valence-corrected chi connectivity index (χ0v) is 25.2. The van der Waals surface area contributed by atoms with Crippen molar-refractivity contribution < 1.29 is 50.3 Å². The number of fused-ring (bicyclic) bond motifs is 4. The van der Waals surface area contributed by atoms with Crippen LogP contribution in [-0.4, -0.2) is 40.5 Å². The Morgan fingerprint density at radius 1 is 0.833 bits per heavy atom. The molecule has 1 aliphatic heterocycles. The quantitative estimate of drug-likeness (QED) is 0.156. The Morgan fingerprint density at radius 3 is 2.07 bits per heavy atom. The van der Waals surface area contributed by atoms with Crippen molar-refractivity contribution in [1.29, 1.82) is 0 Å². The molecule has 0 bridgehead atoms. The lowest BCUT2D eigenvalue weighted by Crippen LogP contribution is -3.00. The van der Waals surface area contributed by atoms with Crippen molar-refractivity contribution >= 4 is 16.5 Å². The topological polar surface area (TPSA) is 102 Å². The highest BCUT2D eigenvalue weighted by Crippen LogP contribution is 2.43. The first kappa shape index (κ1) is 30.5. The van der Waals surface area contributed by atoms with Crippen LogP contribution in [0.1, 0.15) is 23.6 Å². The normalized spacial score (nSPS) is 11.6. The minimum Gasteiger partial charge on any atom is -1.00 e. The number of nitro groups is 1. The lowest BCUT2D eigenvalue weighted by molar-refractivity contribution is -0.686. The summed E-state index contributed by atoms with van der Waals surface area (Å²) in [6.45, 7) is 2.82. The Bertz CT molecular complexity index is 1660. The zero-order chi connectivity index (χ0) is 29.3. The van der Waals surface area contributed by atoms with Crippen molar-refractivity contribution in [3.05, 3.63) is 69.4 Å². The molecule has 4 aromatic rings. The van der Waals surface area contributed by atoms with Gasteiger partial charge in [0.25, 0.3) is 5.69 Å². The third-order valence-electron chi connectivity index (χ3n) is 7.56. The molecule has 0 spiro atoms. The van der Waals surface area contributed by atoms with E-state index in [1.165, 1.54) is 25.8 Å². The molecule has 0 N–H and O–H groups in total. The second kappa shape index (κ2) is 12.6. The molecule has 0 aliphatic carbocycles. The smallest absolute Gasteiger partial charge is 0.280 e. The van der Waals surface area contributed by atoms with Crippen molar-refractivity contribution in [1.82, 2.24) is 0 Å². The largest absolute Gasteiger partial charge is 1.00 e. The molecule has 0 saturated heterocycles. The molecule has 1 aromatic heterocycles. The fraction of sp³-hybridized carbons (Fsp3) is 0.323. The molecular formula is C31H33ClN2O8. The Kier molecular flexibility index (Phi) is 9.16. The van der Waals surface area contributed by atoms with E-state index < -0.39 is 4.92 Å². The summed E-state index contributed by atoms with van der Waals surface area (Å²) in [5.41, 5.74) is 4.80. The molecule has 0 unspecified atom stereocenters. The molecule has 222 valence electrons. The summed E-state index contributed by atoms with van der Waals surface area (Å²) in [5.74, 6) is 3.09. The van der Waals surface area contributed by atoms with Crippen LogP contribution in [0.15, 0.2) is 42.6 Å². The average molecular weight is 597 g/mol. The summed E-state index contributed by atoms with van der Waals surface area (Å²) >= 11 is 0. The monoisotopic (exact) mass is 596 g/mol. The molecule has 10 nitrogen and oxygen atoms in total. The Hall–Kier alpha value is -4.44. The van der Waals surface area contributed by atoms with Gasteiger partial charge in [0.05, 0.1) is 63.1 Å². The van der Waals surface area contributed by atoms with Crippen LogP contribution in [0.3, 0.4) is 0 Å². The third kappa shape index (κ3) is 5.18. The minimum absolute atomic E-state index is 0. The molecule has 0 amide bonds. The standard InChI is InChI=1S/C31H33N2O8.ClH/c1-7-20-21-8-9-25(36-2)31(41-17-19-13-27(38-4)29(40-6)15-24(19)33(34)35)23(21)16-32-11-10-18-12-26(37-3)28(39-5)14-22(18)30(20)32;/h8-9,12-16H,7,10-11,17H2,1-6H3;1H/q+1;/p-1. The SMILES string of the molecule is CCc1c2[n+](cc3c(OCc4cc(OC)c(OC)cc4[N+](=O)[O-])c(OC)ccc13)CCc1cc(OC)c(OC)cc1-2.[Cl-]. The van der Waals surface area contributed by atoms with Crippen molar-refractivity contribution in [2.45, 2.75) is 32.9 Å². The van der Waals surface area contributed by atoms with Crippen molar-refractivity contribution in [2.24, 2.45) is 0 Å².